The predicted molar refractivity (Wildman–Crippen MR) is 90.0 cm³/mol. The van der Waals surface area contributed by atoms with Gasteiger partial charge in [-0.1, -0.05) is 19.1 Å². The molecule has 2 rings (SSSR count). The summed E-state index contributed by atoms with van der Waals surface area (Å²) < 4.78 is 0. The third kappa shape index (κ3) is 4.47. The van der Waals surface area contributed by atoms with Gasteiger partial charge in [0, 0.05) is 52.9 Å². The lowest BCUT2D eigenvalue weighted by atomic mass is 10.2. The number of likely N-dealkylation sites (N-methyl/N-ethyl adjacent to an activating group) is 1. The average molecular weight is 307 g/mol. The third-order valence-electron chi connectivity index (χ3n) is 4.22. The molecule has 1 fully saturated rings. The van der Waals surface area contributed by atoms with E-state index in [1.807, 2.05) is 0 Å². The van der Waals surface area contributed by atoms with Crippen molar-refractivity contribution in [2.24, 2.45) is 4.99 Å². The topological polar surface area (TPSA) is 51.2 Å². The van der Waals surface area contributed by atoms with Crippen LogP contribution >= 0.6 is 0 Å². The second-order valence-corrected chi connectivity index (χ2v) is 6.17. The third-order valence-corrected chi connectivity index (χ3v) is 4.22. The fourth-order valence-electron chi connectivity index (χ4n) is 2.81. The van der Waals surface area contributed by atoms with Crippen molar-refractivity contribution < 1.29 is 4.79 Å². The Morgan fingerprint density at radius 3 is 2.73 bits per heavy atom. The van der Waals surface area contributed by atoms with Crippen LogP contribution < -0.4 is 5.32 Å². The van der Waals surface area contributed by atoms with Crippen molar-refractivity contribution in [3.63, 3.8) is 0 Å². The van der Waals surface area contributed by atoms with E-state index in [0.29, 0.717) is 6.04 Å². The highest BCUT2D eigenvalue weighted by Crippen LogP contribution is 2.17. The van der Waals surface area contributed by atoms with Gasteiger partial charge in [0.05, 0.1) is 0 Å². The molecule has 6 heteroatoms. The molecule has 0 aromatic rings. The number of hydrogen-bond donors (Lipinski definition) is 1. The smallest absolute Gasteiger partial charge is 0.243 e. The van der Waals surface area contributed by atoms with Gasteiger partial charge in [-0.2, -0.15) is 0 Å². The summed E-state index contributed by atoms with van der Waals surface area (Å²) >= 11 is 0. The van der Waals surface area contributed by atoms with Crippen molar-refractivity contribution in [3.05, 3.63) is 12.2 Å². The van der Waals surface area contributed by atoms with Crippen LogP contribution in [0, 0.1) is 0 Å². The van der Waals surface area contributed by atoms with E-state index >= 15 is 0 Å². The van der Waals surface area contributed by atoms with Crippen molar-refractivity contribution in [2.45, 2.75) is 25.8 Å². The number of rotatable bonds is 5. The number of likely N-dealkylation sites (tertiary alicyclic amines) is 1. The molecule has 0 bridgehead atoms. The van der Waals surface area contributed by atoms with Gasteiger partial charge in [0.25, 0.3) is 0 Å². The van der Waals surface area contributed by atoms with Gasteiger partial charge in [-0.15, -0.1) is 0 Å². The lowest BCUT2D eigenvalue weighted by Crippen LogP contribution is -2.43. The molecule has 1 unspecified atom stereocenters. The molecule has 1 N–H and O–H groups in total. The maximum Gasteiger partial charge on any atom is 0.243 e. The number of nitrogens with one attached hydrogen (secondary N) is 1. The number of hydrogen-bond acceptors (Lipinski definition) is 3. The van der Waals surface area contributed by atoms with E-state index in [1.54, 1.807) is 19.0 Å². The summed E-state index contributed by atoms with van der Waals surface area (Å²) in [4.78, 5) is 22.7. The van der Waals surface area contributed by atoms with Crippen LogP contribution in [0.25, 0.3) is 0 Å². The molecule has 0 saturated carbocycles. The van der Waals surface area contributed by atoms with E-state index in [4.69, 9.17) is 0 Å². The lowest BCUT2D eigenvalue weighted by molar-refractivity contribution is -0.127. The molecular formula is C16H29N5O. The van der Waals surface area contributed by atoms with Crippen molar-refractivity contribution in [1.29, 1.82) is 0 Å². The van der Waals surface area contributed by atoms with E-state index in [1.165, 1.54) is 0 Å². The predicted octanol–water partition coefficient (Wildman–Crippen LogP) is 0.376. The number of amides is 1. The zero-order chi connectivity index (χ0) is 15.9. The van der Waals surface area contributed by atoms with E-state index in [0.717, 1.165) is 51.5 Å². The Balaban J connectivity index is 1.93. The highest BCUT2D eigenvalue weighted by atomic mass is 16.2. The normalized spacial score (nSPS) is 22.4. The van der Waals surface area contributed by atoms with Gasteiger partial charge < -0.3 is 15.1 Å². The molecule has 1 amide bonds. The first kappa shape index (κ1) is 16.8. The first-order chi connectivity index (χ1) is 10.6. The maximum atomic E-state index is 11.8. The summed E-state index contributed by atoms with van der Waals surface area (Å²) in [6.07, 6.45) is 6.69. The van der Waals surface area contributed by atoms with Crippen LogP contribution in [-0.4, -0.2) is 86.0 Å². The van der Waals surface area contributed by atoms with Gasteiger partial charge in [0.2, 0.25) is 5.91 Å². The highest BCUT2D eigenvalue weighted by molar-refractivity contribution is 5.85. The zero-order valence-corrected chi connectivity index (χ0v) is 14.1. The molecular weight excluding hydrogens is 278 g/mol. The van der Waals surface area contributed by atoms with Crippen LogP contribution in [0.15, 0.2) is 17.1 Å². The number of guanidine groups is 1. The number of carbonyl (C=O) groups is 1. The van der Waals surface area contributed by atoms with Crippen LogP contribution in [0.1, 0.15) is 19.8 Å². The molecule has 0 aliphatic carbocycles. The van der Waals surface area contributed by atoms with Crippen LogP contribution in [0.4, 0.5) is 0 Å². The first-order valence-corrected chi connectivity index (χ1v) is 8.24. The second kappa shape index (κ2) is 8.17. The second-order valence-electron chi connectivity index (χ2n) is 6.17. The van der Waals surface area contributed by atoms with E-state index in [9.17, 15) is 4.79 Å². The zero-order valence-electron chi connectivity index (χ0n) is 14.1. The van der Waals surface area contributed by atoms with Crippen molar-refractivity contribution in [3.8, 4) is 0 Å². The lowest BCUT2D eigenvalue weighted by Gasteiger charge is -2.25. The fraction of sp³-hybridized carbons (Fsp3) is 0.750. The highest BCUT2D eigenvalue weighted by Gasteiger charge is 2.29. The molecule has 1 saturated heterocycles. The summed E-state index contributed by atoms with van der Waals surface area (Å²) in [7, 11) is 3.53. The molecule has 0 aromatic heterocycles. The Kier molecular flexibility index (Phi) is 6.24. The average Bonchev–Trinajstić information content (AvgIpc) is 3.17. The summed E-state index contributed by atoms with van der Waals surface area (Å²) in [5.74, 6) is 0.919. The minimum Gasteiger partial charge on any atom is -0.356 e. The van der Waals surface area contributed by atoms with E-state index in [-0.39, 0.29) is 12.5 Å². The molecule has 0 radical (unpaired) electrons. The van der Waals surface area contributed by atoms with E-state index < -0.39 is 0 Å². The molecule has 6 nitrogen and oxygen atoms in total. The first-order valence-electron chi connectivity index (χ1n) is 8.24. The maximum absolute atomic E-state index is 11.8. The largest absolute Gasteiger partial charge is 0.356 e. The van der Waals surface area contributed by atoms with Gasteiger partial charge in [-0.3, -0.25) is 9.69 Å². The Bertz CT molecular complexity index is 424. The summed E-state index contributed by atoms with van der Waals surface area (Å²) in [5, 5.41) is 3.39. The molecule has 22 heavy (non-hydrogen) atoms. The van der Waals surface area contributed by atoms with Crippen LogP contribution in [-0.2, 0) is 4.79 Å². The van der Waals surface area contributed by atoms with Crippen LogP contribution in [0.5, 0.6) is 0 Å². The minimum absolute atomic E-state index is 0.0373. The molecule has 2 aliphatic heterocycles. The van der Waals surface area contributed by atoms with Gasteiger partial charge >= 0.3 is 0 Å². The minimum atomic E-state index is 0.0373. The van der Waals surface area contributed by atoms with Crippen LogP contribution in [0.2, 0.25) is 0 Å². The molecule has 2 heterocycles. The number of carbonyl (C=O) groups excluding carboxylic acids is 1. The van der Waals surface area contributed by atoms with Gasteiger partial charge in [0.15, 0.2) is 5.96 Å². The van der Waals surface area contributed by atoms with Gasteiger partial charge in [0.1, 0.15) is 6.54 Å². The van der Waals surface area contributed by atoms with Crippen molar-refractivity contribution in [2.75, 3.05) is 53.4 Å². The van der Waals surface area contributed by atoms with E-state index in [2.05, 4.69) is 39.2 Å². The molecule has 124 valence electrons. The Morgan fingerprint density at radius 2 is 2.09 bits per heavy atom. The summed E-state index contributed by atoms with van der Waals surface area (Å²) in [6, 6.07) is 0.591. The number of aliphatic imine (C=N–C) groups is 1. The Morgan fingerprint density at radius 1 is 1.36 bits per heavy atom. The summed E-state index contributed by atoms with van der Waals surface area (Å²) in [6.45, 7) is 7.37. The fourth-order valence-corrected chi connectivity index (χ4v) is 2.81. The molecule has 1 atom stereocenters. The standard InChI is InChI=1S/C16H29N5O/c1-4-8-17-16(18-12-15(22)19(2)3)21-11-7-14(13-21)20-9-5-6-10-20/h5-6,14H,4,7-13H2,1-3H3,(H,17,18). The molecule has 2 aliphatic rings. The van der Waals surface area contributed by atoms with Gasteiger partial charge in [-0.25, -0.2) is 4.99 Å². The quantitative estimate of drug-likeness (QED) is 0.453. The Labute approximate surface area is 133 Å². The SMILES string of the molecule is CCCNC(=NCC(=O)N(C)C)N1CCC(N2CC=CC2)C1. The molecule has 0 aromatic carbocycles. The van der Waals surface area contributed by atoms with Gasteiger partial charge in [-0.05, 0) is 12.8 Å². The Hall–Kier alpha value is -1.56. The van der Waals surface area contributed by atoms with Crippen molar-refractivity contribution >= 4 is 11.9 Å². The van der Waals surface area contributed by atoms with Crippen molar-refractivity contribution in [1.82, 2.24) is 20.0 Å². The molecule has 0 spiro atoms. The monoisotopic (exact) mass is 307 g/mol. The van der Waals surface area contributed by atoms with Crippen LogP contribution in [0.3, 0.4) is 0 Å². The number of nitrogens with zero attached hydrogens (tertiary/aromatic N) is 4. The summed E-state index contributed by atoms with van der Waals surface area (Å²) in [5.41, 5.74) is 0.